The summed E-state index contributed by atoms with van der Waals surface area (Å²) in [5.74, 6) is -0.160. The third-order valence-corrected chi connectivity index (χ3v) is 4.43. The van der Waals surface area contributed by atoms with E-state index in [4.69, 9.17) is 10.5 Å². The van der Waals surface area contributed by atoms with E-state index >= 15 is 0 Å². The Morgan fingerprint density at radius 2 is 1.77 bits per heavy atom. The summed E-state index contributed by atoms with van der Waals surface area (Å²) in [5, 5.41) is 15.4. The smallest absolute Gasteiger partial charge is 0.239 e. The summed E-state index contributed by atoms with van der Waals surface area (Å²) in [5.41, 5.74) is 7.40. The molecule has 0 radical (unpaired) electrons. The number of hydrogen-bond acceptors (Lipinski definition) is 5. The molecule has 8 heteroatoms. The van der Waals surface area contributed by atoms with E-state index in [1.807, 2.05) is 50.2 Å². The molecule has 2 rings (SSSR count). The van der Waals surface area contributed by atoms with Crippen LogP contribution in [0, 0.1) is 5.92 Å². The van der Waals surface area contributed by atoms with E-state index in [0.29, 0.717) is 17.9 Å². The van der Waals surface area contributed by atoms with Crippen molar-refractivity contribution in [3.8, 4) is 5.75 Å². The fourth-order valence-corrected chi connectivity index (χ4v) is 2.53. The monoisotopic (exact) mass is 435 g/mol. The molecule has 0 aliphatic rings. The molecule has 164 valence electrons. The Bertz CT molecular complexity index is 802. The molecule has 0 aliphatic heterocycles. The van der Waals surface area contributed by atoms with Gasteiger partial charge in [-0.25, -0.2) is 0 Å². The molecule has 2 aromatic rings. The van der Waals surface area contributed by atoms with Crippen LogP contribution in [0.1, 0.15) is 31.1 Å². The van der Waals surface area contributed by atoms with E-state index in [0.717, 1.165) is 5.56 Å². The summed E-state index contributed by atoms with van der Waals surface area (Å²) in [6.07, 6.45) is -0.896. The quantitative estimate of drug-likeness (QED) is 0.455. The fourth-order valence-electron chi connectivity index (χ4n) is 2.53. The van der Waals surface area contributed by atoms with Gasteiger partial charge in [0.2, 0.25) is 11.8 Å². The van der Waals surface area contributed by atoms with Gasteiger partial charge in [0.05, 0.1) is 18.7 Å². The molecule has 0 bridgehead atoms. The predicted octanol–water partition coefficient (Wildman–Crippen LogP) is 1.94. The van der Waals surface area contributed by atoms with Crippen molar-refractivity contribution in [2.24, 2.45) is 11.7 Å². The SMILES string of the molecule is CC(C)[C@H](N)C(=O)NCC(=O)NCC(O)c1cccc(OCc2ccccc2)c1.Cl. The minimum Gasteiger partial charge on any atom is -0.489 e. The second-order valence-corrected chi connectivity index (χ2v) is 7.15. The molecule has 2 aromatic carbocycles. The summed E-state index contributed by atoms with van der Waals surface area (Å²) < 4.78 is 5.76. The number of benzene rings is 2. The molecule has 0 saturated heterocycles. The van der Waals surface area contributed by atoms with Crippen molar-refractivity contribution in [3.63, 3.8) is 0 Å². The minimum absolute atomic E-state index is 0. The summed E-state index contributed by atoms with van der Waals surface area (Å²) >= 11 is 0. The van der Waals surface area contributed by atoms with Gasteiger partial charge in [0.25, 0.3) is 0 Å². The summed E-state index contributed by atoms with van der Waals surface area (Å²) in [6, 6.07) is 16.2. The van der Waals surface area contributed by atoms with Gasteiger partial charge in [0.15, 0.2) is 0 Å². The number of nitrogens with two attached hydrogens (primary N) is 1. The first-order valence-electron chi connectivity index (χ1n) is 9.61. The first-order chi connectivity index (χ1) is 13.9. The number of aliphatic hydroxyl groups is 1. The van der Waals surface area contributed by atoms with Gasteiger partial charge in [-0.2, -0.15) is 0 Å². The Morgan fingerprint density at radius 3 is 2.43 bits per heavy atom. The molecule has 2 amide bonds. The lowest BCUT2D eigenvalue weighted by Crippen LogP contribution is -2.47. The molecule has 0 fully saturated rings. The number of nitrogens with one attached hydrogen (secondary N) is 2. The molecule has 0 aliphatic carbocycles. The van der Waals surface area contributed by atoms with E-state index in [1.165, 1.54) is 0 Å². The molecule has 0 saturated carbocycles. The van der Waals surface area contributed by atoms with Crippen molar-refractivity contribution >= 4 is 24.2 Å². The Balaban J connectivity index is 0.00000450. The van der Waals surface area contributed by atoms with Gasteiger partial charge in [0.1, 0.15) is 12.4 Å². The number of halogens is 1. The molecular formula is C22H30ClN3O4. The zero-order valence-corrected chi connectivity index (χ0v) is 18.0. The number of hydrogen-bond donors (Lipinski definition) is 4. The second kappa shape index (κ2) is 12.8. The normalized spacial score (nSPS) is 12.4. The number of carbonyl (C=O) groups excluding carboxylic acids is 2. The van der Waals surface area contributed by atoms with Crippen molar-refractivity contribution in [2.75, 3.05) is 13.1 Å². The molecule has 7 nitrogen and oxygen atoms in total. The lowest BCUT2D eigenvalue weighted by atomic mass is 10.1. The lowest BCUT2D eigenvalue weighted by molar-refractivity contribution is -0.127. The van der Waals surface area contributed by atoms with Crippen molar-refractivity contribution in [1.82, 2.24) is 10.6 Å². The summed E-state index contributed by atoms with van der Waals surface area (Å²) in [4.78, 5) is 23.7. The van der Waals surface area contributed by atoms with Crippen LogP contribution >= 0.6 is 12.4 Å². The fraction of sp³-hybridized carbons (Fsp3) is 0.364. The van der Waals surface area contributed by atoms with Gasteiger partial charge in [-0.05, 0) is 29.2 Å². The van der Waals surface area contributed by atoms with Crippen molar-refractivity contribution in [3.05, 3.63) is 65.7 Å². The van der Waals surface area contributed by atoms with Gasteiger partial charge < -0.3 is 26.2 Å². The third-order valence-electron chi connectivity index (χ3n) is 4.43. The van der Waals surface area contributed by atoms with Gasteiger partial charge in [0, 0.05) is 6.54 Å². The van der Waals surface area contributed by atoms with Crippen molar-refractivity contribution < 1.29 is 19.4 Å². The molecule has 0 spiro atoms. The zero-order valence-electron chi connectivity index (χ0n) is 17.2. The van der Waals surface area contributed by atoms with E-state index in [-0.39, 0.29) is 37.3 Å². The standard InChI is InChI=1S/C22H29N3O4.ClH/c1-15(2)21(23)22(28)25-13-20(27)24-12-19(26)17-9-6-10-18(11-17)29-14-16-7-4-3-5-8-16;/h3-11,15,19,21,26H,12-14,23H2,1-2H3,(H,24,27)(H,25,28);1H/t19?,21-;/m0./s1. The van der Waals surface area contributed by atoms with Crippen LogP contribution in [-0.4, -0.2) is 36.1 Å². The third kappa shape index (κ3) is 8.41. The topological polar surface area (TPSA) is 114 Å². The number of amides is 2. The number of aliphatic hydroxyl groups excluding tert-OH is 1. The van der Waals surface area contributed by atoms with Crippen LogP contribution < -0.4 is 21.1 Å². The van der Waals surface area contributed by atoms with Gasteiger partial charge in [-0.15, -0.1) is 12.4 Å². The highest BCUT2D eigenvalue weighted by Gasteiger charge is 2.18. The first kappa shape index (κ1) is 25.4. The van der Waals surface area contributed by atoms with Gasteiger partial charge in [-0.1, -0.05) is 56.3 Å². The summed E-state index contributed by atoms with van der Waals surface area (Å²) in [6.45, 7) is 3.92. The Morgan fingerprint density at radius 1 is 1.07 bits per heavy atom. The van der Waals surface area contributed by atoms with Crippen molar-refractivity contribution in [1.29, 1.82) is 0 Å². The number of rotatable bonds is 10. The maximum absolute atomic E-state index is 11.9. The largest absolute Gasteiger partial charge is 0.489 e. The summed E-state index contributed by atoms with van der Waals surface area (Å²) in [7, 11) is 0. The predicted molar refractivity (Wildman–Crippen MR) is 118 cm³/mol. The van der Waals surface area contributed by atoms with Gasteiger partial charge >= 0.3 is 0 Å². The Hall–Kier alpha value is -2.61. The Labute approximate surface area is 183 Å². The molecule has 0 aromatic heterocycles. The highest BCUT2D eigenvalue weighted by Crippen LogP contribution is 2.20. The maximum atomic E-state index is 11.9. The van der Waals surface area contributed by atoms with Crippen LogP contribution in [0.3, 0.4) is 0 Å². The minimum atomic E-state index is -0.896. The van der Waals surface area contributed by atoms with Crippen LogP contribution in [0.2, 0.25) is 0 Å². The van der Waals surface area contributed by atoms with E-state index in [2.05, 4.69) is 10.6 Å². The van der Waals surface area contributed by atoms with Crippen LogP contribution in [0.5, 0.6) is 5.75 Å². The highest BCUT2D eigenvalue weighted by molar-refractivity contribution is 5.87. The molecule has 5 N–H and O–H groups in total. The highest BCUT2D eigenvalue weighted by atomic mass is 35.5. The number of ether oxygens (including phenoxy) is 1. The second-order valence-electron chi connectivity index (χ2n) is 7.15. The molecule has 1 unspecified atom stereocenters. The van der Waals surface area contributed by atoms with Crippen LogP contribution in [-0.2, 0) is 16.2 Å². The molecule has 30 heavy (non-hydrogen) atoms. The van der Waals surface area contributed by atoms with Crippen LogP contribution in [0.25, 0.3) is 0 Å². The van der Waals surface area contributed by atoms with Crippen molar-refractivity contribution in [2.45, 2.75) is 32.6 Å². The van der Waals surface area contributed by atoms with E-state index < -0.39 is 18.1 Å². The maximum Gasteiger partial charge on any atom is 0.239 e. The number of carbonyl (C=O) groups is 2. The molecule has 2 atom stereocenters. The van der Waals surface area contributed by atoms with Crippen LogP contribution in [0.4, 0.5) is 0 Å². The molecule has 0 heterocycles. The zero-order chi connectivity index (χ0) is 21.2. The van der Waals surface area contributed by atoms with Crippen LogP contribution in [0.15, 0.2) is 54.6 Å². The lowest BCUT2D eigenvalue weighted by Gasteiger charge is -2.16. The van der Waals surface area contributed by atoms with Gasteiger partial charge in [-0.3, -0.25) is 9.59 Å². The first-order valence-corrected chi connectivity index (χ1v) is 9.61. The molecular weight excluding hydrogens is 406 g/mol. The van der Waals surface area contributed by atoms with E-state index in [1.54, 1.807) is 18.2 Å². The average Bonchev–Trinajstić information content (AvgIpc) is 2.74. The Kier molecular flexibility index (Phi) is 10.9. The average molecular weight is 436 g/mol. The van der Waals surface area contributed by atoms with E-state index in [9.17, 15) is 14.7 Å².